The minimum Gasteiger partial charge on any atom is -0.298 e. The molecule has 86 valence electrons. The first-order valence-corrected chi connectivity index (χ1v) is 6.03. The Kier molecular flexibility index (Phi) is 3.93. The summed E-state index contributed by atoms with van der Waals surface area (Å²) in [6.45, 7) is 0. The fourth-order valence-corrected chi connectivity index (χ4v) is 2.37. The molecule has 7 heteroatoms. The van der Waals surface area contributed by atoms with Gasteiger partial charge in [-0.05, 0) is 23.9 Å². The molecular formula is C10H5Cl2N3OS. The van der Waals surface area contributed by atoms with Crippen LogP contribution in [-0.2, 0) is 0 Å². The first-order valence-electron chi connectivity index (χ1n) is 4.46. The van der Waals surface area contributed by atoms with Crippen LogP contribution in [0, 0.1) is 0 Å². The molecule has 0 aliphatic rings. The van der Waals surface area contributed by atoms with E-state index in [0.29, 0.717) is 21.4 Å². The molecule has 0 bridgehead atoms. The Morgan fingerprint density at radius 1 is 1.18 bits per heavy atom. The van der Waals surface area contributed by atoms with Crippen LogP contribution in [0.15, 0.2) is 34.7 Å². The van der Waals surface area contributed by atoms with E-state index in [1.807, 2.05) is 0 Å². The predicted molar refractivity (Wildman–Crippen MR) is 65.8 cm³/mol. The van der Waals surface area contributed by atoms with Gasteiger partial charge >= 0.3 is 0 Å². The molecule has 0 N–H and O–H groups in total. The molecule has 0 saturated carbocycles. The van der Waals surface area contributed by atoms with Crippen molar-refractivity contribution >= 4 is 41.2 Å². The van der Waals surface area contributed by atoms with Crippen molar-refractivity contribution in [3.63, 3.8) is 0 Å². The molecule has 4 nitrogen and oxygen atoms in total. The van der Waals surface area contributed by atoms with Crippen LogP contribution in [-0.4, -0.2) is 21.2 Å². The predicted octanol–water partition coefficient (Wildman–Crippen LogP) is 3.14. The highest BCUT2D eigenvalue weighted by atomic mass is 35.5. The zero-order valence-electron chi connectivity index (χ0n) is 8.30. The van der Waals surface area contributed by atoms with E-state index < -0.39 is 0 Å². The lowest BCUT2D eigenvalue weighted by Crippen LogP contribution is -1.94. The Labute approximate surface area is 111 Å². The third kappa shape index (κ3) is 2.74. The molecule has 0 amide bonds. The van der Waals surface area contributed by atoms with Gasteiger partial charge in [0.05, 0.1) is 10.6 Å². The van der Waals surface area contributed by atoms with Crippen molar-refractivity contribution in [2.75, 3.05) is 0 Å². The zero-order chi connectivity index (χ0) is 12.3. The molecule has 0 fully saturated rings. The van der Waals surface area contributed by atoms with Gasteiger partial charge < -0.3 is 0 Å². The molecule has 0 aliphatic carbocycles. The van der Waals surface area contributed by atoms with Crippen LogP contribution in [0.2, 0.25) is 10.2 Å². The molecule has 2 rings (SSSR count). The highest BCUT2D eigenvalue weighted by Gasteiger charge is 2.12. The fourth-order valence-electron chi connectivity index (χ4n) is 1.08. The number of halogens is 2. The van der Waals surface area contributed by atoms with Gasteiger partial charge in [0, 0.05) is 6.20 Å². The fraction of sp³-hybridized carbons (Fsp3) is 0. The molecule has 0 aromatic carbocycles. The van der Waals surface area contributed by atoms with Crippen LogP contribution in [0.1, 0.15) is 10.4 Å². The van der Waals surface area contributed by atoms with Gasteiger partial charge in [-0.25, -0.2) is 15.0 Å². The minimum atomic E-state index is 0.115. The van der Waals surface area contributed by atoms with E-state index in [0.717, 1.165) is 0 Å². The Morgan fingerprint density at radius 2 is 2.00 bits per heavy atom. The Hall–Kier alpha value is -1.17. The van der Waals surface area contributed by atoms with E-state index in [9.17, 15) is 4.79 Å². The first-order chi connectivity index (χ1) is 8.22. The lowest BCUT2D eigenvalue weighted by atomic mass is 10.4. The van der Waals surface area contributed by atoms with Crippen LogP contribution in [0.3, 0.4) is 0 Å². The Morgan fingerprint density at radius 3 is 2.71 bits per heavy atom. The molecule has 17 heavy (non-hydrogen) atoms. The lowest BCUT2D eigenvalue weighted by molar-refractivity contribution is 0.112. The molecule has 0 unspecified atom stereocenters. The Balaban J connectivity index is 2.40. The van der Waals surface area contributed by atoms with E-state index >= 15 is 0 Å². The van der Waals surface area contributed by atoms with E-state index in [-0.39, 0.29) is 10.7 Å². The number of carbonyl (C=O) groups is 1. The average Bonchev–Trinajstić information content (AvgIpc) is 2.32. The summed E-state index contributed by atoms with van der Waals surface area (Å²) in [6.07, 6.45) is 3.51. The van der Waals surface area contributed by atoms with Crippen molar-refractivity contribution in [1.29, 1.82) is 0 Å². The van der Waals surface area contributed by atoms with Gasteiger partial charge in [0.25, 0.3) is 0 Å². The third-order valence-corrected chi connectivity index (χ3v) is 3.59. The van der Waals surface area contributed by atoms with Gasteiger partial charge in [-0.15, -0.1) is 0 Å². The standard InChI is InChI=1S/C10H5Cl2N3OS/c11-7-2-1-3-13-10(7)17-9-6(4-16)8(12)14-5-15-9/h1-5H. The number of hydrogen-bond donors (Lipinski definition) is 0. The molecule has 0 atom stereocenters. The van der Waals surface area contributed by atoms with Crippen molar-refractivity contribution in [1.82, 2.24) is 15.0 Å². The summed E-state index contributed by atoms with van der Waals surface area (Å²) in [6, 6.07) is 3.43. The van der Waals surface area contributed by atoms with E-state index in [2.05, 4.69) is 15.0 Å². The first kappa shape index (κ1) is 12.3. The summed E-state index contributed by atoms with van der Waals surface area (Å²) in [7, 11) is 0. The van der Waals surface area contributed by atoms with Crippen LogP contribution < -0.4 is 0 Å². The van der Waals surface area contributed by atoms with Crippen molar-refractivity contribution in [2.24, 2.45) is 0 Å². The molecule has 0 aliphatic heterocycles. The second kappa shape index (κ2) is 5.44. The van der Waals surface area contributed by atoms with E-state index in [1.54, 1.807) is 18.3 Å². The van der Waals surface area contributed by atoms with Crippen molar-refractivity contribution in [3.8, 4) is 0 Å². The van der Waals surface area contributed by atoms with Crippen LogP contribution >= 0.6 is 35.0 Å². The third-order valence-electron chi connectivity index (χ3n) is 1.83. The number of pyridine rings is 1. The molecular weight excluding hydrogens is 281 g/mol. The number of rotatable bonds is 3. The summed E-state index contributed by atoms with van der Waals surface area (Å²) < 4.78 is 0. The average molecular weight is 286 g/mol. The minimum absolute atomic E-state index is 0.115. The highest BCUT2D eigenvalue weighted by molar-refractivity contribution is 7.99. The number of nitrogens with zero attached hydrogens (tertiary/aromatic N) is 3. The topological polar surface area (TPSA) is 55.7 Å². The molecule has 2 aromatic heterocycles. The quantitative estimate of drug-likeness (QED) is 0.641. The Bertz CT molecular complexity index is 565. The summed E-state index contributed by atoms with van der Waals surface area (Å²) in [5.41, 5.74) is 0.237. The zero-order valence-corrected chi connectivity index (χ0v) is 10.6. The largest absolute Gasteiger partial charge is 0.298 e. The number of hydrogen-bond acceptors (Lipinski definition) is 5. The smallest absolute Gasteiger partial charge is 0.155 e. The molecule has 0 spiro atoms. The lowest BCUT2D eigenvalue weighted by Gasteiger charge is -2.04. The second-order valence-electron chi connectivity index (χ2n) is 2.89. The van der Waals surface area contributed by atoms with Gasteiger partial charge in [0.2, 0.25) is 0 Å². The number of aromatic nitrogens is 3. The summed E-state index contributed by atoms with van der Waals surface area (Å²) in [5, 5.41) is 1.60. The second-order valence-corrected chi connectivity index (χ2v) is 4.64. The molecule has 2 heterocycles. The van der Waals surface area contributed by atoms with E-state index in [4.69, 9.17) is 23.2 Å². The normalized spacial score (nSPS) is 10.2. The molecule has 0 radical (unpaired) electrons. The SMILES string of the molecule is O=Cc1c(Cl)ncnc1Sc1ncccc1Cl. The molecule has 0 saturated heterocycles. The van der Waals surface area contributed by atoms with Crippen LogP contribution in [0.4, 0.5) is 0 Å². The number of carbonyl (C=O) groups excluding carboxylic acids is 1. The monoisotopic (exact) mass is 285 g/mol. The van der Waals surface area contributed by atoms with Crippen molar-refractivity contribution in [2.45, 2.75) is 10.1 Å². The maximum atomic E-state index is 10.9. The number of aldehydes is 1. The van der Waals surface area contributed by atoms with Gasteiger partial charge in [-0.2, -0.15) is 0 Å². The van der Waals surface area contributed by atoms with Gasteiger partial charge in [-0.1, -0.05) is 23.2 Å². The van der Waals surface area contributed by atoms with Gasteiger partial charge in [-0.3, -0.25) is 4.79 Å². The van der Waals surface area contributed by atoms with Crippen LogP contribution in [0.25, 0.3) is 0 Å². The van der Waals surface area contributed by atoms with E-state index in [1.165, 1.54) is 18.1 Å². The summed E-state index contributed by atoms with van der Waals surface area (Å²) >= 11 is 12.9. The summed E-state index contributed by atoms with van der Waals surface area (Å²) in [4.78, 5) is 22.7. The maximum absolute atomic E-state index is 10.9. The van der Waals surface area contributed by atoms with Crippen molar-refractivity contribution in [3.05, 3.63) is 40.4 Å². The molecule has 2 aromatic rings. The summed E-state index contributed by atoms with van der Waals surface area (Å²) in [5.74, 6) is 0. The maximum Gasteiger partial charge on any atom is 0.155 e. The van der Waals surface area contributed by atoms with Gasteiger partial charge in [0.15, 0.2) is 6.29 Å². The highest BCUT2D eigenvalue weighted by Crippen LogP contribution is 2.32. The van der Waals surface area contributed by atoms with Gasteiger partial charge in [0.1, 0.15) is 21.5 Å². The van der Waals surface area contributed by atoms with Crippen molar-refractivity contribution < 1.29 is 4.79 Å². The van der Waals surface area contributed by atoms with Crippen LogP contribution in [0.5, 0.6) is 0 Å².